The topological polar surface area (TPSA) is 29.1 Å². The fourth-order valence-corrected chi connectivity index (χ4v) is 3.90. The molecule has 1 aliphatic carbocycles. The summed E-state index contributed by atoms with van der Waals surface area (Å²) in [6, 6.07) is 6.23. The maximum Gasteiger partial charge on any atom is 0.165 e. The number of rotatable bonds is 5. The normalized spacial score (nSPS) is 24.4. The lowest BCUT2D eigenvalue weighted by Gasteiger charge is -2.27. The van der Waals surface area contributed by atoms with Gasteiger partial charge in [-0.2, -0.15) is 0 Å². The van der Waals surface area contributed by atoms with E-state index in [9.17, 15) is 4.79 Å². The molecule has 1 fully saturated rings. The second-order valence-corrected chi connectivity index (χ2v) is 6.77. The van der Waals surface area contributed by atoms with Gasteiger partial charge in [0.05, 0.1) is 0 Å². The van der Waals surface area contributed by atoms with Gasteiger partial charge in [0.1, 0.15) is 0 Å². The van der Waals surface area contributed by atoms with Gasteiger partial charge < -0.3 is 5.32 Å². The quantitative estimate of drug-likeness (QED) is 0.785. The van der Waals surface area contributed by atoms with Crippen LogP contribution in [0.15, 0.2) is 18.2 Å². The molecule has 1 saturated carbocycles. The number of nitrogens with one attached hydrogen (secondary N) is 1. The molecule has 0 unspecified atom stereocenters. The van der Waals surface area contributed by atoms with E-state index in [1.54, 1.807) is 0 Å². The molecule has 1 aromatic rings. The van der Waals surface area contributed by atoms with Crippen LogP contribution < -0.4 is 5.32 Å². The molecule has 0 aromatic heterocycles. The van der Waals surface area contributed by atoms with Crippen LogP contribution in [0, 0.1) is 11.8 Å². The molecule has 21 heavy (non-hydrogen) atoms. The molecule has 0 atom stereocenters. The van der Waals surface area contributed by atoms with Gasteiger partial charge in [-0.25, -0.2) is 0 Å². The smallest absolute Gasteiger partial charge is 0.165 e. The van der Waals surface area contributed by atoms with Gasteiger partial charge in [-0.05, 0) is 61.8 Å². The minimum Gasteiger partial charge on any atom is -0.384 e. The first kappa shape index (κ1) is 14.6. The Bertz CT molecular complexity index is 500. The highest BCUT2D eigenvalue weighted by atomic mass is 16.1. The average molecular weight is 285 g/mol. The predicted molar refractivity (Wildman–Crippen MR) is 87.9 cm³/mol. The summed E-state index contributed by atoms with van der Waals surface area (Å²) in [5.41, 5.74) is 3.47. The minimum atomic E-state index is 0.273. The minimum absolute atomic E-state index is 0.273. The fraction of sp³-hybridized carbons (Fsp3) is 0.632. The summed E-state index contributed by atoms with van der Waals surface area (Å²) in [5.74, 6) is 1.53. The van der Waals surface area contributed by atoms with Gasteiger partial charge in [0.2, 0.25) is 0 Å². The van der Waals surface area contributed by atoms with Crippen molar-refractivity contribution in [3.8, 4) is 0 Å². The number of unbranched alkanes of at least 4 members (excludes halogenated alkanes) is 1. The number of ketones is 1. The van der Waals surface area contributed by atoms with Gasteiger partial charge in [-0.15, -0.1) is 0 Å². The Morgan fingerprint density at radius 1 is 1.24 bits per heavy atom. The molecular weight excluding hydrogens is 258 g/mol. The molecule has 0 saturated heterocycles. The van der Waals surface area contributed by atoms with Gasteiger partial charge in [0.15, 0.2) is 5.78 Å². The summed E-state index contributed by atoms with van der Waals surface area (Å²) < 4.78 is 0. The molecule has 1 N–H and O–H groups in total. The van der Waals surface area contributed by atoms with Crippen LogP contribution in [0.3, 0.4) is 0 Å². The molecular formula is C19H27NO. The summed E-state index contributed by atoms with van der Waals surface area (Å²) in [7, 11) is 0. The molecule has 1 aliphatic heterocycles. The van der Waals surface area contributed by atoms with Crippen LogP contribution in [0.25, 0.3) is 0 Å². The van der Waals surface area contributed by atoms with E-state index in [2.05, 4.69) is 24.4 Å². The number of benzene rings is 1. The molecule has 1 aromatic carbocycles. The van der Waals surface area contributed by atoms with Crippen LogP contribution in [0.5, 0.6) is 0 Å². The van der Waals surface area contributed by atoms with Crippen molar-refractivity contribution in [1.29, 1.82) is 0 Å². The SMILES string of the molecule is CCCCC1CCC(C(=O)c2ccc3c(c2)CCN3)CC1. The number of hydrogen-bond donors (Lipinski definition) is 1. The lowest BCUT2D eigenvalue weighted by atomic mass is 9.77. The van der Waals surface area contributed by atoms with Crippen molar-refractivity contribution in [3.05, 3.63) is 29.3 Å². The standard InChI is InChI=1S/C19H27NO/c1-2-3-4-14-5-7-15(8-6-14)19(21)17-9-10-18-16(13-17)11-12-20-18/h9-10,13-15,20H,2-8,11-12H2,1H3. The third-order valence-electron chi connectivity index (χ3n) is 5.28. The van der Waals surface area contributed by atoms with Crippen molar-refractivity contribution >= 4 is 11.5 Å². The molecule has 3 rings (SSSR count). The van der Waals surface area contributed by atoms with Crippen LogP contribution >= 0.6 is 0 Å². The zero-order valence-electron chi connectivity index (χ0n) is 13.2. The molecule has 1 heterocycles. The number of carbonyl (C=O) groups excluding carboxylic acids is 1. The van der Waals surface area contributed by atoms with Crippen molar-refractivity contribution in [1.82, 2.24) is 0 Å². The Morgan fingerprint density at radius 3 is 2.81 bits per heavy atom. The first-order chi connectivity index (χ1) is 10.3. The van der Waals surface area contributed by atoms with Crippen molar-refractivity contribution in [2.75, 3.05) is 11.9 Å². The number of Topliss-reactive ketones (excluding diaryl/α,β-unsaturated/α-hetero) is 1. The first-order valence-electron chi connectivity index (χ1n) is 8.69. The zero-order chi connectivity index (χ0) is 14.7. The number of anilines is 1. The van der Waals surface area contributed by atoms with E-state index in [0.29, 0.717) is 5.78 Å². The van der Waals surface area contributed by atoms with E-state index in [1.807, 2.05) is 6.07 Å². The third kappa shape index (κ3) is 3.30. The van der Waals surface area contributed by atoms with Gasteiger partial charge in [0.25, 0.3) is 0 Å². The Morgan fingerprint density at radius 2 is 2.05 bits per heavy atom. The Hall–Kier alpha value is -1.31. The molecule has 0 spiro atoms. The number of hydrogen-bond acceptors (Lipinski definition) is 2. The molecule has 0 bridgehead atoms. The lowest BCUT2D eigenvalue weighted by molar-refractivity contribution is 0.0869. The zero-order valence-corrected chi connectivity index (χ0v) is 13.2. The largest absolute Gasteiger partial charge is 0.384 e. The van der Waals surface area contributed by atoms with E-state index in [0.717, 1.165) is 37.3 Å². The van der Waals surface area contributed by atoms with E-state index in [4.69, 9.17) is 0 Å². The summed E-state index contributed by atoms with van der Waals surface area (Å²) in [6.45, 7) is 3.27. The second kappa shape index (κ2) is 6.64. The average Bonchev–Trinajstić information content (AvgIpc) is 3.00. The second-order valence-electron chi connectivity index (χ2n) is 6.77. The third-order valence-corrected chi connectivity index (χ3v) is 5.28. The number of fused-ring (bicyclic) bond motifs is 1. The Kier molecular flexibility index (Phi) is 4.62. The van der Waals surface area contributed by atoms with Gasteiger partial charge in [0, 0.05) is 23.7 Å². The molecule has 2 aliphatic rings. The van der Waals surface area contributed by atoms with Crippen molar-refractivity contribution < 1.29 is 4.79 Å². The molecule has 114 valence electrons. The van der Waals surface area contributed by atoms with E-state index in [-0.39, 0.29) is 5.92 Å². The summed E-state index contributed by atoms with van der Waals surface area (Å²) in [5, 5.41) is 3.36. The molecule has 2 nitrogen and oxygen atoms in total. The maximum atomic E-state index is 12.7. The van der Waals surface area contributed by atoms with E-state index < -0.39 is 0 Å². The Labute approximate surface area is 128 Å². The monoisotopic (exact) mass is 285 g/mol. The summed E-state index contributed by atoms with van der Waals surface area (Å²) >= 11 is 0. The highest BCUT2D eigenvalue weighted by Crippen LogP contribution is 2.34. The van der Waals surface area contributed by atoms with Crippen LogP contribution in [-0.4, -0.2) is 12.3 Å². The van der Waals surface area contributed by atoms with Crippen molar-refractivity contribution in [3.63, 3.8) is 0 Å². The van der Waals surface area contributed by atoms with E-state index in [1.165, 1.54) is 43.4 Å². The van der Waals surface area contributed by atoms with Crippen molar-refractivity contribution in [2.24, 2.45) is 11.8 Å². The molecule has 0 radical (unpaired) electrons. The highest BCUT2D eigenvalue weighted by Gasteiger charge is 2.27. The van der Waals surface area contributed by atoms with Crippen LogP contribution in [0.4, 0.5) is 5.69 Å². The summed E-state index contributed by atoms with van der Waals surface area (Å²) in [4.78, 5) is 12.7. The Balaban J connectivity index is 1.59. The lowest BCUT2D eigenvalue weighted by Crippen LogP contribution is -2.22. The van der Waals surface area contributed by atoms with Crippen LogP contribution in [-0.2, 0) is 6.42 Å². The highest BCUT2D eigenvalue weighted by molar-refractivity contribution is 5.98. The number of carbonyl (C=O) groups is 1. The molecule has 2 heteroatoms. The molecule has 0 amide bonds. The fourth-order valence-electron chi connectivity index (χ4n) is 3.90. The maximum absolute atomic E-state index is 12.7. The van der Waals surface area contributed by atoms with Crippen LogP contribution in [0.2, 0.25) is 0 Å². The van der Waals surface area contributed by atoms with Gasteiger partial charge >= 0.3 is 0 Å². The summed E-state index contributed by atoms with van der Waals surface area (Å²) in [6.07, 6.45) is 9.77. The first-order valence-corrected chi connectivity index (χ1v) is 8.69. The van der Waals surface area contributed by atoms with E-state index >= 15 is 0 Å². The van der Waals surface area contributed by atoms with Gasteiger partial charge in [-0.1, -0.05) is 26.2 Å². The van der Waals surface area contributed by atoms with Gasteiger partial charge in [-0.3, -0.25) is 4.79 Å². The predicted octanol–water partition coefficient (Wildman–Crippen LogP) is 4.83. The van der Waals surface area contributed by atoms with Crippen LogP contribution in [0.1, 0.15) is 67.8 Å². The van der Waals surface area contributed by atoms with Crippen molar-refractivity contribution in [2.45, 2.75) is 58.3 Å².